The van der Waals surface area contributed by atoms with Crippen LogP contribution in [-0.2, 0) is 11.3 Å². The fourth-order valence-corrected chi connectivity index (χ4v) is 2.75. The van der Waals surface area contributed by atoms with Crippen LogP contribution in [-0.4, -0.2) is 26.3 Å². The third-order valence-electron chi connectivity index (χ3n) is 3.56. The smallest absolute Gasteiger partial charge is 0.123 e. The van der Waals surface area contributed by atoms with Crippen LogP contribution in [0.15, 0.2) is 34.7 Å². The van der Waals surface area contributed by atoms with Crippen molar-refractivity contribution in [1.29, 1.82) is 0 Å². The van der Waals surface area contributed by atoms with Crippen molar-refractivity contribution in [3.63, 3.8) is 0 Å². The zero-order valence-electron chi connectivity index (χ0n) is 12.1. The summed E-state index contributed by atoms with van der Waals surface area (Å²) in [7, 11) is 0. The van der Waals surface area contributed by atoms with Crippen molar-refractivity contribution in [2.24, 2.45) is 0 Å². The van der Waals surface area contributed by atoms with E-state index in [9.17, 15) is 0 Å². The van der Waals surface area contributed by atoms with E-state index in [0.717, 1.165) is 54.2 Å². The SMILES string of the molecule is Cc1ccc(CNc2ccc(N3CCOCC3)c(Cl)c2)o1. The van der Waals surface area contributed by atoms with Crippen molar-refractivity contribution in [1.82, 2.24) is 0 Å². The van der Waals surface area contributed by atoms with Crippen LogP contribution in [0.5, 0.6) is 0 Å². The van der Waals surface area contributed by atoms with Gasteiger partial charge in [0.2, 0.25) is 0 Å². The molecule has 0 unspecified atom stereocenters. The van der Waals surface area contributed by atoms with Crippen LogP contribution in [0.4, 0.5) is 11.4 Å². The number of furan rings is 1. The maximum absolute atomic E-state index is 6.40. The van der Waals surface area contributed by atoms with Gasteiger partial charge in [-0.2, -0.15) is 0 Å². The zero-order chi connectivity index (χ0) is 14.7. The number of nitrogens with zero attached hydrogens (tertiary/aromatic N) is 1. The molecule has 2 heterocycles. The van der Waals surface area contributed by atoms with Crippen LogP contribution in [0.2, 0.25) is 5.02 Å². The first-order valence-corrected chi connectivity index (χ1v) is 7.51. The Morgan fingerprint density at radius 1 is 1.19 bits per heavy atom. The molecule has 0 aliphatic carbocycles. The monoisotopic (exact) mass is 306 g/mol. The molecule has 3 rings (SSSR count). The highest BCUT2D eigenvalue weighted by atomic mass is 35.5. The molecule has 1 saturated heterocycles. The van der Waals surface area contributed by atoms with Crippen molar-refractivity contribution in [3.05, 3.63) is 46.9 Å². The number of rotatable bonds is 4. The van der Waals surface area contributed by atoms with E-state index in [1.165, 1.54) is 0 Å². The van der Waals surface area contributed by atoms with E-state index < -0.39 is 0 Å². The molecule has 0 spiro atoms. The van der Waals surface area contributed by atoms with E-state index in [2.05, 4.69) is 16.3 Å². The average molecular weight is 307 g/mol. The molecule has 21 heavy (non-hydrogen) atoms. The van der Waals surface area contributed by atoms with Gasteiger partial charge in [0.25, 0.3) is 0 Å². The number of morpholine rings is 1. The van der Waals surface area contributed by atoms with E-state index in [0.29, 0.717) is 6.54 Å². The van der Waals surface area contributed by atoms with Gasteiger partial charge in [-0.05, 0) is 37.3 Å². The Hall–Kier alpha value is -1.65. The summed E-state index contributed by atoms with van der Waals surface area (Å²) in [6.45, 7) is 5.89. The number of halogens is 1. The van der Waals surface area contributed by atoms with Crippen molar-refractivity contribution in [2.45, 2.75) is 13.5 Å². The van der Waals surface area contributed by atoms with Crippen molar-refractivity contribution >= 4 is 23.0 Å². The summed E-state index contributed by atoms with van der Waals surface area (Å²) in [4.78, 5) is 2.26. The summed E-state index contributed by atoms with van der Waals surface area (Å²) in [5, 5.41) is 4.09. The van der Waals surface area contributed by atoms with E-state index in [4.69, 9.17) is 20.8 Å². The minimum absolute atomic E-state index is 0.654. The molecule has 1 aliphatic heterocycles. The maximum atomic E-state index is 6.40. The Morgan fingerprint density at radius 2 is 2.00 bits per heavy atom. The van der Waals surface area contributed by atoms with Crippen LogP contribution in [0, 0.1) is 6.92 Å². The Bertz CT molecular complexity index is 606. The van der Waals surface area contributed by atoms with Crippen LogP contribution in [0.3, 0.4) is 0 Å². The molecule has 112 valence electrons. The van der Waals surface area contributed by atoms with Gasteiger partial charge in [0, 0.05) is 18.8 Å². The Balaban J connectivity index is 1.65. The molecule has 1 aromatic carbocycles. The van der Waals surface area contributed by atoms with Gasteiger partial charge in [-0.25, -0.2) is 0 Å². The molecule has 2 aromatic rings. The molecule has 1 N–H and O–H groups in total. The summed E-state index contributed by atoms with van der Waals surface area (Å²) < 4.78 is 10.9. The molecule has 0 radical (unpaired) electrons. The van der Waals surface area contributed by atoms with Crippen LogP contribution < -0.4 is 10.2 Å². The van der Waals surface area contributed by atoms with Gasteiger partial charge in [0.1, 0.15) is 11.5 Å². The lowest BCUT2D eigenvalue weighted by molar-refractivity contribution is 0.122. The number of ether oxygens (including phenoxy) is 1. The molecular formula is C16H19ClN2O2. The molecule has 5 heteroatoms. The van der Waals surface area contributed by atoms with E-state index in [1.807, 2.05) is 31.2 Å². The number of anilines is 2. The molecule has 1 aliphatic rings. The first-order chi connectivity index (χ1) is 10.2. The van der Waals surface area contributed by atoms with Crippen LogP contribution in [0.1, 0.15) is 11.5 Å². The van der Waals surface area contributed by atoms with Crippen LogP contribution in [0.25, 0.3) is 0 Å². The molecule has 0 saturated carbocycles. The zero-order valence-corrected chi connectivity index (χ0v) is 12.8. The molecule has 0 atom stereocenters. The number of benzene rings is 1. The van der Waals surface area contributed by atoms with E-state index in [1.54, 1.807) is 0 Å². The Labute approximate surface area is 129 Å². The van der Waals surface area contributed by atoms with Crippen LogP contribution >= 0.6 is 11.6 Å². The molecule has 1 fully saturated rings. The minimum atomic E-state index is 0.654. The first kappa shape index (κ1) is 14.3. The highest BCUT2D eigenvalue weighted by Crippen LogP contribution is 2.29. The third kappa shape index (κ3) is 3.52. The number of hydrogen-bond acceptors (Lipinski definition) is 4. The normalized spacial score (nSPS) is 15.2. The average Bonchev–Trinajstić information content (AvgIpc) is 2.92. The summed E-state index contributed by atoms with van der Waals surface area (Å²) in [5.74, 6) is 1.84. The lowest BCUT2D eigenvalue weighted by atomic mass is 10.2. The van der Waals surface area contributed by atoms with Gasteiger partial charge in [-0.1, -0.05) is 11.6 Å². The van der Waals surface area contributed by atoms with Crippen molar-refractivity contribution < 1.29 is 9.15 Å². The largest absolute Gasteiger partial charge is 0.465 e. The standard InChI is InChI=1S/C16H19ClN2O2/c1-12-2-4-14(21-12)11-18-13-3-5-16(15(17)10-13)19-6-8-20-9-7-19/h2-5,10,18H,6-9,11H2,1H3. The second-order valence-electron chi connectivity index (χ2n) is 5.13. The Kier molecular flexibility index (Phi) is 4.36. The highest BCUT2D eigenvalue weighted by Gasteiger charge is 2.14. The molecular weight excluding hydrogens is 288 g/mol. The summed E-state index contributed by atoms with van der Waals surface area (Å²) in [6.07, 6.45) is 0. The van der Waals surface area contributed by atoms with E-state index in [-0.39, 0.29) is 0 Å². The van der Waals surface area contributed by atoms with Crippen molar-refractivity contribution in [2.75, 3.05) is 36.5 Å². The van der Waals surface area contributed by atoms with Crippen molar-refractivity contribution in [3.8, 4) is 0 Å². The topological polar surface area (TPSA) is 37.6 Å². The molecule has 0 amide bonds. The molecule has 1 aromatic heterocycles. The second-order valence-corrected chi connectivity index (χ2v) is 5.54. The molecule has 0 bridgehead atoms. The maximum Gasteiger partial charge on any atom is 0.123 e. The Morgan fingerprint density at radius 3 is 2.67 bits per heavy atom. The summed E-state index contributed by atoms with van der Waals surface area (Å²) in [6, 6.07) is 10.0. The second kappa shape index (κ2) is 6.41. The predicted octanol–water partition coefficient (Wildman–Crippen LogP) is 3.69. The van der Waals surface area contributed by atoms with Gasteiger partial charge in [0.05, 0.1) is 30.5 Å². The minimum Gasteiger partial charge on any atom is -0.465 e. The number of hydrogen-bond donors (Lipinski definition) is 1. The predicted molar refractivity (Wildman–Crippen MR) is 85.3 cm³/mol. The lowest BCUT2D eigenvalue weighted by Gasteiger charge is -2.29. The number of nitrogens with one attached hydrogen (secondary N) is 1. The fourth-order valence-electron chi connectivity index (χ4n) is 2.45. The third-order valence-corrected chi connectivity index (χ3v) is 3.86. The number of aryl methyl sites for hydroxylation is 1. The highest BCUT2D eigenvalue weighted by molar-refractivity contribution is 6.33. The van der Waals surface area contributed by atoms with E-state index >= 15 is 0 Å². The quantitative estimate of drug-likeness (QED) is 0.935. The fraction of sp³-hybridized carbons (Fsp3) is 0.375. The summed E-state index contributed by atoms with van der Waals surface area (Å²) >= 11 is 6.40. The first-order valence-electron chi connectivity index (χ1n) is 7.14. The van der Waals surface area contributed by atoms with Gasteiger partial charge < -0.3 is 19.4 Å². The molecule has 4 nitrogen and oxygen atoms in total. The summed E-state index contributed by atoms with van der Waals surface area (Å²) in [5.41, 5.74) is 2.06. The van der Waals surface area contributed by atoms with Gasteiger partial charge in [-0.15, -0.1) is 0 Å². The van der Waals surface area contributed by atoms with Gasteiger partial charge in [0.15, 0.2) is 0 Å². The lowest BCUT2D eigenvalue weighted by Crippen LogP contribution is -2.36. The van der Waals surface area contributed by atoms with Gasteiger partial charge >= 0.3 is 0 Å². The van der Waals surface area contributed by atoms with Gasteiger partial charge in [-0.3, -0.25) is 0 Å².